The molecule has 0 N–H and O–H groups in total. The summed E-state index contributed by atoms with van der Waals surface area (Å²) >= 11 is 0. The van der Waals surface area contributed by atoms with Crippen molar-refractivity contribution in [3.8, 4) is 11.5 Å². The van der Waals surface area contributed by atoms with Crippen molar-refractivity contribution in [2.45, 2.75) is 44.2 Å². The standard InChI is InChI=1S/C25H27NO3/c1-28-23-15-14-20(17-24(23)29-21-11-5-6-12-21)22(19-9-3-2-4-10-19)18-26-16-8-7-13-25(26)27/h2-4,7-10,13-17,21-22H,5-6,11-12,18H2,1H3. The lowest BCUT2D eigenvalue weighted by Gasteiger charge is -2.22. The third-order valence-electron chi connectivity index (χ3n) is 5.67. The van der Waals surface area contributed by atoms with Gasteiger partial charge in [-0.1, -0.05) is 42.5 Å². The van der Waals surface area contributed by atoms with Crippen molar-refractivity contribution in [1.82, 2.24) is 4.57 Å². The average molecular weight is 389 g/mol. The molecule has 0 bridgehead atoms. The molecule has 1 saturated carbocycles. The normalized spacial score (nSPS) is 15.2. The van der Waals surface area contributed by atoms with Crippen LogP contribution >= 0.6 is 0 Å². The van der Waals surface area contributed by atoms with E-state index in [-0.39, 0.29) is 17.6 Å². The molecule has 4 heteroatoms. The molecular formula is C25H27NO3. The van der Waals surface area contributed by atoms with Crippen LogP contribution in [-0.2, 0) is 6.54 Å². The van der Waals surface area contributed by atoms with E-state index in [1.807, 2.05) is 36.5 Å². The number of rotatable bonds is 7. The summed E-state index contributed by atoms with van der Waals surface area (Å²) in [5.74, 6) is 1.58. The minimum atomic E-state index is 0.00405. The van der Waals surface area contributed by atoms with Crippen LogP contribution in [0.15, 0.2) is 77.7 Å². The molecule has 1 fully saturated rings. The Morgan fingerprint density at radius 2 is 1.69 bits per heavy atom. The number of hydrogen-bond acceptors (Lipinski definition) is 3. The van der Waals surface area contributed by atoms with Gasteiger partial charge in [-0.25, -0.2) is 0 Å². The zero-order valence-corrected chi connectivity index (χ0v) is 16.8. The van der Waals surface area contributed by atoms with E-state index >= 15 is 0 Å². The second-order valence-corrected chi connectivity index (χ2v) is 7.59. The fourth-order valence-corrected chi connectivity index (χ4v) is 4.08. The van der Waals surface area contributed by atoms with Crippen LogP contribution in [-0.4, -0.2) is 17.8 Å². The number of methoxy groups -OCH3 is 1. The molecule has 3 aromatic rings. The van der Waals surface area contributed by atoms with E-state index < -0.39 is 0 Å². The molecule has 4 nitrogen and oxygen atoms in total. The zero-order chi connectivity index (χ0) is 20.1. The predicted octanol–water partition coefficient (Wildman–Crippen LogP) is 5.01. The zero-order valence-electron chi connectivity index (χ0n) is 16.8. The van der Waals surface area contributed by atoms with Gasteiger partial charge in [-0.2, -0.15) is 0 Å². The van der Waals surface area contributed by atoms with Gasteiger partial charge in [-0.3, -0.25) is 4.79 Å². The van der Waals surface area contributed by atoms with Crippen LogP contribution in [0.5, 0.6) is 11.5 Å². The Kier molecular flexibility index (Phi) is 5.99. The summed E-state index contributed by atoms with van der Waals surface area (Å²) in [7, 11) is 1.68. The molecule has 29 heavy (non-hydrogen) atoms. The van der Waals surface area contributed by atoms with Crippen LogP contribution in [0.2, 0.25) is 0 Å². The Labute approximate surface area is 171 Å². The Hall–Kier alpha value is -3.01. The van der Waals surface area contributed by atoms with Crippen molar-refractivity contribution >= 4 is 0 Å². The molecule has 1 aliphatic carbocycles. The summed E-state index contributed by atoms with van der Waals surface area (Å²) in [6.45, 7) is 0.568. The van der Waals surface area contributed by atoms with Crippen molar-refractivity contribution < 1.29 is 9.47 Å². The molecule has 2 aromatic carbocycles. The van der Waals surface area contributed by atoms with E-state index in [1.54, 1.807) is 23.8 Å². The molecule has 0 saturated heterocycles. The number of hydrogen-bond donors (Lipinski definition) is 0. The van der Waals surface area contributed by atoms with Crippen LogP contribution in [0.4, 0.5) is 0 Å². The highest BCUT2D eigenvalue weighted by Gasteiger charge is 2.21. The molecule has 0 aliphatic heterocycles. The monoisotopic (exact) mass is 389 g/mol. The highest BCUT2D eigenvalue weighted by molar-refractivity contribution is 5.46. The van der Waals surface area contributed by atoms with Crippen molar-refractivity contribution in [3.05, 3.63) is 94.4 Å². The molecular weight excluding hydrogens is 362 g/mol. The minimum Gasteiger partial charge on any atom is -0.493 e. The second-order valence-electron chi connectivity index (χ2n) is 7.59. The maximum atomic E-state index is 12.3. The number of benzene rings is 2. The third-order valence-corrected chi connectivity index (χ3v) is 5.67. The molecule has 1 heterocycles. The molecule has 150 valence electrons. The average Bonchev–Trinajstić information content (AvgIpc) is 3.27. The molecule has 1 atom stereocenters. The van der Waals surface area contributed by atoms with Gasteiger partial charge >= 0.3 is 0 Å². The first-order valence-electron chi connectivity index (χ1n) is 10.3. The summed E-state index contributed by atoms with van der Waals surface area (Å²) < 4.78 is 13.6. The first-order valence-corrected chi connectivity index (χ1v) is 10.3. The molecule has 0 spiro atoms. The SMILES string of the molecule is COc1ccc(C(Cn2ccccc2=O)c2ccccc2)cc1OC1CCCC1. The van der Waals surface area contributed by atoms with E-state index in [0.29, 0.717) is 6.54 Å². The molecule has 4 rings (SSSR count). The molecule has 1 aliphatic rings. The lowest BCUT2D eigenvalue weighted by Crippen LogP contribution is -2.22. The van der Waals surface area contributed by atoms with Gasteiger partial charge in [0.2, 0.25) is 0 Å². The summed E-state index contributed by atoms with van der Waals surface area (Å²) in [5.41, 5.74) is 2.28. The second kappa shape index (κ2) is 8.99. The summed E-state index contributed by atoms with van der Waals surface area (Å²) in [4.78, 5) is 12.3. The predicted molar refractivity (Wildman–Crippen MR) is 115 cm³/mol. The van der Waals surface area contributed by atoms with Gasteiger partial charge < -0.3 is 14.0 Å². The summed E-state index contributed by atoms with van der Waals surface area (Å²) in [5, 5.41) is 0. The largest absolute Gasteiger partial charge is 0.493 e. The van der Waals surface area contributed by atoms with Crippen molar-refractivity contribution in [1.29, 1.82) is 0 Å². The van der Waals surface area contributed by atoms with Crippen LogP contribution in [0.25, 0.3) is 0 Å². The van der Waals surface area contributed by atoms with Crippen molar-refractivity contribution in [2.75, 3.05) is 7.11 Å². The van der Waals surface area contributed by atoms with Gasteiger partial charge in [0.25, 0.3) is 5.56 Å². The van der Waals surface area contributed by atoms with Crippen LogP contribution < -0.4 is 15.0 Å². The first kappa shape index (κ1) is 19.3. The lowest BCUT2D eigenvalue weighted by atomic mass is 9.90. The van der Waals surface area contributed by atoms with E-state index in [9.17, 15) is 4.79 Å². The maximum absolute atomic E-state index is 12.3. The smallest absolute Gasteiger partial charge is 0.250 e. The number of aromatic nitrogens is 1. The Morgan fingerprint density at radius 3 is 2.41 bits per heavy atom. The number of ether oxygens (including phenoxy) is 2. The van der Waals surface area contributed by atoms with Gasteiger partial charge in [0, 0.05) is 24.7 Å². The Morgan fingerprint density at radius 1 is 0.931 bits per heavy atom. The van der Waals surface area contributed by atoms with Crippen LogP contribution in [0.3, 0.4) is 0 Å². The molecule has 1 unspecified atom stereocenters. The minimum absolute atomic E-state index is 0.00405. The molecule has 1 aromatic heterocycles. The van der Waals surface area contributed by atoms with Crippen molar-refractivity contribution in [2.24, 2.45) is 0 Å². The Bertz CT molecular complexity index is 990. The van der Waals surface area contributed by atoms with E-state index in [1.165, 1.54) is 18.4 Å². The van der Waals surface area contributed by atoms with Crippen LogP contribution in [0.1, 0.15) is 42.7 Å². The highest BCUT2D eigenvalue weighted by Crippen LogP contribution is 2.36. The van der Waals surface area contributed by atoms with E-state index in [2.05, 4.69) is 24.3 Å². The summed E-state index contributed by atoms with van der Waals surface area (Å²) in [6.07, 6.45) is 6.72. The van der Waals surface area contributed by atoms with Gasteiger partial charge in [0.05, 0.1) is 13.2 Å². The van der Waals surface area contributed by atoms with Crippen LogP contribution in [0, 0.1) is 0 Å². The first-order chi connectivity index (χ1) is 14.2. The maximum Gasteiger partial charge on any atom is 0.250 e. The fourth-order valence-electron chi connectivity index (χ4n) is 4.08. The topological polar surface area (TPSA) is 40.5 Å². The Balaban J connectivity index is 1.71. The third kappa shape index (κ3) is 4.53. The lowest BCUT2D eigenvalue weighted by molar-refractivity contribution is 0.200. The van der Waals surface area contributed by atoms with Gasteiger partial charge in [0.1, 0.15) is 0 Å². The summed E-state index contributed by atoms with van der Waals surface area (Å²) in [6, 6.07) is 21.7. The van der Waals surface area contributed by atoms with Gasteiger partial charge in [-0.05, 0) is 55.0 Å². The number of pyridine rings is 1. The molecule has 0 radical (unpaired) electrons. The number of nitrogens with zero attached hydrogens (tertiary/aromatic N) is 1. The van der Waals surface area contributed by atoms with Gasteiger partial charge in [-0.15, -0.1) is 0 Å². The molecule has 0 amide bonds. The van der Waals surface area contributed by atoms with Gasteiger partial charge in [0.15, 0.2) is 11.5 Å². The quantitative estimate of drug-likeness (QED) is 0.570. The van der Waals surface area contributed by atoms with Crippen molar-refractivity contribution in [3.63, 3.8) is 0 Å². The van der Waals surface area contributed by atoms with E-state index in [4.69, 9.17) is 9.47 Å². The highest BCUT2D eigenvalue weighted by atomic mass is 16.5. The fraction of sp³-hybridized carbons (Fsp3) is 0.320. The van der Waals surface area contributed by atoms with E-state index in [0.717, 1.165) is 29.9 Å².